The number of halogens is 2. The van der Waals surface area contributed by atoms with Crippen molar-refractivity contribution in [3.05, 3.63) is 94.7 Å². The summed E-state index contributed by atoms with van der Waals surface area (Å²) >= 11 is 10.3. The van der Waals surface area contributed by atoms with Crippen molar-refractivity contribution in [2.24, 2.45) is 0 Å². The first kappa shape index (κ1) is 23.2. The maximum Gasteiger partial charge on any atom is 0.170 e. The van der Waals surface area contributed by atoms with Gasteiger partial charge in [0, 0.05) is 61.9 Å². The number of hydrogen-bond acceptors (Lipinski definition) is 6. The fourth-order valence-corrected chi connectivity index (χ4v) is 8.57. The minimum atomic E-state index is 0.764. The predicted octanol–water partition coefficient (Wildman–Crippen LogP) is 12.6. The fourth-order valence-electron chi connectivity index (χ4n) is 5.47. The molecule has 0 fully saturated rings. The van der Waals surface area contributed by atoms with Crippen LogP contribution < -0.4 is 0 Å². The second-order valence-corrected chi connectivity index (χ2v) is 13.4. The molecule has 0 radical (unpaired) electrons. The summed E-state index contributed by atoms with van der Waals surface area (Å²) in [5, 5.41) is 9.63. The van der Waals surface area contributed by atoms with E-state index >= 15 is 0 Å². The van der Waals surface area contributed by atoms with Crippen LogP contribution in [-0.4, -0.2) is 0 Å². The van der Waals surface area contributed by atoms with Crippen molar-refractivity contribution in [2.45, 2.75) is 0 Å². The molecule has 4 nitrogen and oxygen atoms in total. The molecule has 0 atom stereocenters. The molecule has 0 aliphatic carbocycles. The summed E-state index contributed by atoms with van der Waals surface area (Å²) in [6, 6.07) is 25.3. The first-order chi connectivity index (χ1) is 19.6. The molecule has 0 saturated carbocycles. The maximum atomic E-state index is 5.65. The Morgan fingerprint density at radius 1 is 0.425 bits per heavy atom. The van der Waals surface area contributed by atoms with Gasteiger partial charge in [0.25, 0.3) is 0 Å². The number of rotatable bonds is 0. The Morgan fingerprint density at radius 2 is 0.800 bits per heavy atom. The molecule has 0 unspecified atom stereocenters. The lowest BCUT2D eigenvalue weighted by atomic mass is 10.1. The number of furan rings is 4. The largest absolute Gasteiger partial charge is 0.464 e. The van der Waals surface area contributed by atoms with E-state index in [-0.39, 0.29) is 0 Å². The topological polar surface area (TPSA) is 52.6 Å². The van der Waals surface area contributed by atoms with Crippen molar-refractivity contribution in [3.8, 4) is 0 Å². The van der Waals surface area contributed by atoms with Crippen LogP contribution in [0.15, 0.2) is 112 Å². The number of benzene rings is 4. The van der Waals surface area contributed by atoms with Gasteiger partial charge in [0.1, 0.15) is 22.3 Å². The molecule has 0 bridgehead atoms. The van der Waals surface area contributed by atoms with Crippen LogP contribution in [0.2, 0.25) is 0 Å². The van der Waals surface area contributed by atoms with Gasteiger partial charge < -0.3 is 17.7 Å². The average Bonchev–Trinajstić information content (AvgIpc) is 3.76. The molecule has 10 aromatic rings. The Balaban J connectivity index is 0.000000116. The van der Waals surface area contributed by atoms with Crippen LogP contribution >= 0.6 is 54.5 Å². The Kier molecular flexibility index (Phi) is 4.91. The van der Waals surface area contributed by atoms with Crippen LogP contribution in [-0.2, 0) is 0 Å². The van der Waals surface area contributed by atoms with E-state index in [0.29, 0.717) is 0 Å². The molecule has 0 amide bonds. The minimum Gasteiger partial charge on any atom is -0.464 e. The predicted molar refractivity (Wildman–Crippen MR) is 173 cm³/mol. The van der Waals surface area contributed by atoms with E-state index in [0.717, 1.165) is 53.2 Å². The Hall–Kier alpha value is -3.56. The second-order valence-electron chi connectivity index (χ2n) is 9.69. The molecular formula is C32H14Br2O4S2. The smallest absolute Gasteiger partial charge is 0.170 e. The highest BCUT2D eigenvalue weighted by Gasteiger charge is 2.13. The lowest BCUT2D eigenvalue weighted by Gasteiger charge is -1.93. The summed E-state index contributed by atoms with van der Waals surface area (Å²) in [5.41, 5.74) is 3.71. The van der Waals surface area contributed by atoms with Crippen molar-refractivity contribution in [1.29, 1.82) is 0 Å². The van der Waals surface area contributed by atoms with E-state index < -0.39 is 0 Å². The van der Waals surface area contributed by atoms with Crippen LogP contribution in [0.1, 0.15) is 0 Å². The van der Waals surface area contributed by atoms with Gasteiger partial charge in [-0.05, 0) is 105 Å². The monoisotopic (exact) mass is 684 g/mol. The lowest BCUT2D eigenvalue weighted by molar-refractivity contribution is 0.587. The average molecular weight is 686 g/mol. The van der Waals surface area contributed by atoms with E-state index in [1.54, 1.807) is 35.2 Å². The molecule has 0 N–H and O–H groups in total. The molecule has 0 saturated heterocycles. The zero-order valence-electron chi connectivity index (χ0n) is 20.3. The van der Waals surface area contributed by atoms with Gasteiger partial charge in [0.15, 0.2) is 9.34 Å². The fraction of sp³-hybridized carbons (Fsp3) is 0. The zero-order valence-corrected chi connectivity index (χ0v) is 25.1. The van der Waals surface area contributed by atoms with E-state index in [9.17, 15) is 0 Å². The number of hydrogen-bond donors (Lipinski definition) is 0. The summed E-state index contributed by atoms with van der Waals surface area (Å²) in [7, 11) is 0. The van der Waals surface area contributed by atoms with Gasteiger partial charge in [0.05, 0.1) is 12.5 Å². The highest BCUT2D eigenvalue weighted by Crippen LogP contribution is 2.41. The van der Waals surface area contributed by atoms with Gasteiger partial charge in [-0.25, -0.2) is 0 Å². The van der Waals surface area contributed by atoms with E-state index in [4.69, 9.17) is 17.7 Å². The Morgan fingerprint density at radius 3 is 1.23 bits per heavy atom. The first-order valence-electron chi connectivity index (χ1n) is 12.4. The summed E-state index contributed by atoms with van der Waals surface area (Å²) in [5.74, 6) is 0. The molecule has 10 rings (SSSR count). The van der Waals surface area contributed by atoms with E-state index in [1.807, 2.05) is 24.3 Å². The van der Waals surface area contributed by atoms with Crippen molar-refractivity contribution in [2.75, 3.05) is 0 Å². The van der Waals surface area contributed by atoms with Gasteiger partial charge in [-0.15, -0.1) is 22.7 Å². The summed E-state index contributed by atoms with van der Waals surface area (Å²) in [4.78, 5) is 0. The molecule has 6 heterocycles. The molecule has 0 spiro atoms. The van der Waals surface area contributed by atoms with Gasteiger partial charge in [-0.3, -0.25) is 0 Å². The van der Waals surface area contributed by atoms with Crippen molar-refractivity contribution in [3.63, 3.8) is 0 Å². The van der Waals surface area contributed by atoms with Crippen LogP contribution in [0.5, 0.6) is 0 Å². The maximum absolute atomic E-state index is 5.65. The van der Waals surface area contributed by atoms with Crippen LogP contribution in [0.4, 0.5) is 0 Å². The highest BCUT2D eigenvalue weighted by molar-refractivity contribution is 9.10. The third-order valence-electron chi connectivity index (χ3n) is 7.31. The van der Waals surface area contributed by atoms with Crippen LogP contribution in [0.25, 0.3) is 84.2 Å². The molecule has 40 heavy (non-hydrogen) atoms. The van der Waals surface area contributed by atoms with Crippen molar-refractivity contribution < 1.29 is 17.7 Å². The van der Waals surface area contributed by atoms with Crippen molar-refractivity contribution in [1.82, 2.24) is 0 Å². The van der Waals surface area contributed by atoms with Gasteiger partial charge in [0.2, 0.25) is 0 Å². The molecule has 0 aliphatic heterocycles. The number of fused-ring (bicyclic) bond motifs is 10. The minimum absolute atomic E-state index is 0.764. The van der Waals surface area contributed by atoms with Crippen LogP contribution in [0.3, 0.4) is 0 Å². The summed E-state index contributed by atoms with van der Waals surface area (Å²) in [6.07, 6.45) is 3.48. The second kappa shape index (κ2) is 8.47. The molecule has 4 aromatic carbocycles. The lowest BCUT2D eigenvalue weighted by Crippen LogP contribution is -1.68. The van der Waals surface area contributed by atoms with Crippen LogP contribution in [0, 0.1) is 0 Å². The Labute approximate surface area is 249 Å². The van der Waals surface area contributed by atoms with Gasteiger partial charge in [-0.1, -0.05) is 0 Å². The summed E-state index contributed by atoms with van der Waals surface area (Å²) in [6.45, 7) is 0. The standard InChI is InChI=1S/C16H6Br2O2S.C16H8O2S/c17-15-3-7-1-9-10-2-8-4-16(18)20-12(8)6-14(10)21-13(9)5-11(7)19-15;1-3-17-13-7-15-11(5-9(1)13)12-6-10-2-4-18-14(10)8-16(12)19-15/h1-6H;1-8H. The third-order valence-corrected chi connectivity index (χ3v) is 10.3. The van der Waals surface area contributed by atoms with Gasteiger partial charge >= 0.3 is 0 Å². The number of thiophene rings is 2. The van der Waals surface area contributed by atoms with E-state index in [1.165, 1.54) is 40.3 Å². The molecule has 0 aliphatic rings. The first-order valence-corrected chi connectivity index (χ1v) is 15.6. The SMILES string of the molecule is Brc1cc2cc3c(cc2o1)sc1cc2oc(Br)cc2cc13.c1cc2cc3c(cc2o1)sc1cc2occc2cc13. The third kappa shape index (κ3) is 3.53. The Bertz CT molecular complexity index is 2410. The normalized spacial score (nSPS) is 12.2. The molecule has 6 aromatic heterocycles. The zero-order chi connectivity index (χ0) is 26.5. The molecule has 192 valence electrons. The van der Waals surface area contributed by atoms with Gasteiger partial charge in [-0.2, -0.15) is 0 Å². The summed E-state index contributed by atoms with van der Waals surface area (Å²) < 4.78 is 28.7. The quantitative estimate of drug-likeness (QED) is 0.159. The molecule has 8 heteroatoms. The highest BCUT2D eigenvalue weighted by atomic mass is 79.9. The van der Waals surface area contributed by atoms with E-state index in [2.05, 4.69) is 80.4 Å². The van der Waals surface area contributed by atoms with Crippen molar-refractivity contribution >= 4 is 139 Å². The molecular weight excluding hydrogens is 672 g/mol.